The van der Waals surface area contributed by atoms with E-state index in [1.165, 1.54) is 0 Å². The summed E-state index contributed by atoms with van der Waals surface area (Å²) in [4.78, 5) is 24.0. The lowest BCUT2D eigenvalue weighted by Gasteiger charge is -2.18. The number of carboxylic acids is 1. The molecule has 158 valence electrons. The van der Waals surface area contributed by atoms with E-state index in [0.717, 1.165) is 5.56 Å². The van der Waals surface area contributed by atoms with E-state index in [4.69, 9.17) is 14.2 Å². The average molecular weight is 419 g/mol. The lowest BCUT2D eigenvalue weighted by molar-refractivity contribution is -0.137. The van der Waals surface area contributed by atoms with Crippen molar-refractivity contribution in [2.75, 3.05) is 6.79 Å². The number of nitrogens with one attached hydrogen (secondary N) is 1. The molecule has 0 fully saturated rings. The van der Waals surface area contributed by atoms with Gasteiger partial charge in [-0.3, -0.25) is 9.59 Å². The van der Waals surface area contributed by atoms with Crippen molar-refractivity contribution in [2.24, 2.45) is 0 Å². The molecular weight excluding hydrogens is 398 g/mol. The monoisotopic (exact) mass is 419 g/mol. The van der Waals surface area contributed by atoms with Crippen LogP contribution in [-0.4, -0.2) is 23.8 Å². The predicted octanol–water partition coefficient (Wildman–Crippen LogP) is 4.08. The van der Waals surface area contributed by atoms with E-state index in [2.05, 4.69) is 5.32 Å². The zero-order valence-electron chi connectivity index (χ0n) is 16.6. The van der Waals surface area contributed by atoms with Gasteiger partial charge in [-0.1, -0.05) is 36.4 Å². The average Bonchev–Trinajstić information content (AvgIpc) is 3.22. The van der Waals surface area contributed by atoms with Crippen LogP contribution in [0.2, 0.25) is 0 Å². The summed E-state index contributed by atoms with van der Waals surface area (Å²) >= 11 is 0. The van der Waals surface area contributed by atoms with Crippen LogP contribution in [0.15, 0.2) is 72.8 Å². The third kappa shape index (κ3) is 5.33. The summed E-state index contributed by atoms with van der Waals surface area (Å²) in [6.45, 7) is 0.121. The van der Waals surface area contributed by atoms with Crippen LogP contribution in [0.1, 0.15) is 23.6 Å². The maximum atomic E-state index is 12.7. The second kappa shape index (κ2) is 9.21. The Morgan fingerprint density at radius 1 is 0.935 bits per heavy atom. The van der Waals surface area contributed by atoms with Gasteiger partial charge in [-0.25, -0.2) is 0 Å². The Bertz CT molecular complexity index is 1080. The lowest BCUT2D eigenvalue weighted by Crippen LogP contribution is -2.31. The minimum Gasteiger partial charge on any atom is -0.481 e. The Labute approximate surface area is 179 Å². The first-order valence-corrected chi connectivity index (χ1v) is 9.79. The highest BCUT2D eigenvalue weighted by molar-refractivity contribution is 5.80. The van der Waals surface area contributed by atoms with Crippen molar-refractivity contribution in [3.05, 3.63) is 83.9 Å². The van der Waals surface area contributed by atoms with Crippen LogP contribution >= 0.6 is 0 Å². The van der Waals surface area contributed by atoms with Crippen LogP contribution < -0.4 is 19.5 Å². The van der Waals surface area contributed by atoms with Crippen molar-refractivity contribution in [3.63, 3.8) is 0 Å². The number of rotatable bonds is 8. The molecule has 0 unspecified atom stereocenters. The molecule has 0 saturated heterocycles. The van der Waals surface area contributed by atoms with Gasteiger partial charge in [-0.2, -0.15) is 0 Å². The SMILES string of the molecule is O=C(O)C[C@H](NC(=O)Cc1cccc(Oc2ccccc2)c1)c1ccc2c(c1)OCO2. The van der Waals surface area contributed by atoms with E-state index >= 15 is 0 Å². The summed E-state index contributed by atoms with van der Waals surface area (Å²) in [6.07, 6.45) is -0.158. The van der Waals surface area contributed by atoms with E-state index in [1.807, 2.05) is 48.5 Å². The van der Waals surface area contributed by atoms with Crippen LogP contribution in [-0.2, 0) is 16.0 Å². The molecule has 1 heterocycles. The third-order valence-electron chi connectivity index (χ3n) is 4.75. The van der Waals surface area contributed by atoms with Crippen molar-refractivity contribution in [1.82, 2.24) is 5.32 Å². The lowest BCUT2D eigenvalue weighted by atomic mass is 10.0. The number of hydrogen-bond acceptors (Lipinski definition) is 5. The van der Waals surface area contributed by atoms with Gasteiger partial charge in [-0.05, 0) is 47.5 Å². The number of para-hydroxylation sites is 1. The fourth-order valence-electron chi connectivity index (χ4n) is 3.33. The number of aliphatic carboxylic acids is 1. The highest BCUT2D eigenvalue weighted by Crippen LogP contribution is 2.35. The largest absolute Gasteiger partial charge is 0.481 e. The molecule has 1 aliphatic rings. The molecule has 7 nitrogen and oxygen atoms in total. The van der Waals surface area contributed by atoms with Crippen LogP contribution in [0.25, 0.3) is 0 Å². The number of benzene rings is 3. The summed E-state index contributed by atoms with van der Waals surface area (Å²) < 4.78 is 16.5. The van der Waals surface area contributed by atoms with Gasteiger partial charge in [0.25, 0.3) is 0 Å². The van der Waals surface area contributed by atoms with E-state index in [-0.39, 0.29) is 25.5 Å². The molecule has 0 aliphatic carbocycles. The Morgan fingerprint density at radius 2 is 1.71 bits per heavy atom. The molecule has 7 heteroatoms. The quantitative estimate of drug-likeness (QED) is 0.571. The number of carbonyl (C=O) groups is 2. The van der Waals surface area contributed by atoms with Crippen LogP contribution in [0, 0.1) is 0 Å². The molecule has 3 aromatic rings. The molecule has 1 aliphatic heterocycles. The van der Waals surface area contributed by atoms with Crippen molar-refractivity contribution in [1.29, 1.82) is 0 Å². The zero-order valence-corrected chi connectivity index (χ0v) is 16.6. The van der Waals surface area contributed by atoms with Gasteiger partial charge < -0.3 is 24.6 Å². The second-order valence-electron chi connectivity index (χ2n) is 7.07. The minimum absolute atomic E-state index is 0.0899. The fraction of sp³-hybridized carbons (Fsp3) is 0.167. The first-order chi connectivity index (χ1) is 15.1. The summed E-state index contributed by atoms with van der Waals surface area (Å²) in [5.41, 5.74) is 1.40. The van der Waals surface area contributed by atoms with Crippen molar-refractivity contribution in [2.45, 2.75) is 18.9 Å². The normalized spacial score (nSPS) is 12.8. The molecule has 0 bridgehead atoms. The van der Waals surface area contributed by atoms with Crippen molar-refractivity contribution >= 4 is 11.9 Å². The topological polar surface area (TPSA) is 94.1 Å². The molecule has 0 aromatic heterocycles. The van der Waals surface area contributed by atoms with Gasteiger partial charge >= 0.3 is 5.97 Å². The first kappa shape index (κ1) is 20.3. The van der Waals surface area contributed by atoms with E-state index in [0.29, 0.717) is 28.6 Å². The Morgan fingerprint density at radius 3 is 2.52 bits per heavy atom. The van der Waals surface area contributed by atoms with Crippen molar-refractivity contribution in [3.8, 4) is 23.0 Å². The molecule has 1 atom stereocenters. The van der Waals surface area contributed by atoms with E-state index in [9.17, 15) is 14.7 Å². The number of ether oxygens (including phenoxy) is 3. The Hall–Kier alpha value is -4.00. The highest BCUT2D eigenvalue weighted by atomic mass is 16.7. The third-order valence-corrected chi connectivity index (χ3v) is 4.75. The zero-order chi connectivity index (χ0) is 21.6. The molecule has 3 aromatic carbocycles. The van der Waals surface area contributed by atoms with Gasteiger partial charge in [0, 0.05) is 0 Å². The van der Waals surface area contributed by atoms with E-state index in [1.54, 1.807) is 24.3 Å². The molecular formula is C24H21NO6. The summed E-state index contributed by atoms with van der Waals surface area (Å²) in [5, 5.41) is 12.1. The van der Waals surface area contributed by atoms with Crippen molar-refractivity contribution < 1.29 is 28.9 Å². The number of carbonyl (C=O) groups excluding carboxylic acids is 1. The van der Waals surface area contributed by atoms with Crippen LogP contribution in [0.3, 0.4) is 0 Å². The maximum absolute atomic E-state index is 12.7. The van der Waals surface area contributed by atoms with Crippen LogP contribution in [0.5, 0.6) is 23.0 Å². The smallest absolute Gasteiger partial charge is 0.305 e. The van der Waals surface area contributed by atoms with Crippen LogP contribution in [0.4, 0.5) is 0 Å². The molecule has 0 radical (unpaired) electrons. The fourth-order valence-corrected chi connectivity index (χ4v) is 3.33. The first-order valence-electron chi connectivity index (χ1n) is 9.79. The molecule has 2 N–H and O–H groups in total. The predicted molar refractivity (Wildman–Crippen MR) is 112 cm³/mol. The Balaban J connectivity index is 1.44. The second-order valence-corrected chi connectivity index (χ2v) is 7.07. The summed E-state index contributed by atoms with van der Waals surface area (Å²) in [7, 11) is 0. The van der Waals surface area contributed by atoms with Gasteiger partial charge in [0.1, 0.15) is 11.5 Å². The summed E-state index contributed by atoms with van der Waals surface area (Å²) in [5.74, 6) is 1.15. The van der Waals surface area contributed by atoms with Gasteiger partial charge in [0.2, 0.25) is 12.7 Å². The molecule has 1 amide bonds. The summed E-state index contributed by atoms with van der Waals surface area (Å²) in [6, 6.07) is 21.1. The minimum atomic E-state index is -1.01. The Kier molecular flexibility index (Phi) is 6.03. The molecule has 0 spiro atoms. The highest BCUT2D eigenvalue weighted by Gasteiger charge is 2.22. The number of fused-ring (bicyclic) bond motifs is 1. The van der Waals surface area contributed by atoms with E-state index < -0.39 is 12.0 Å². The van der Waals surface area contributed by atoms with Gasteiger partial charge in [0.05, 0.1) is 18.9 Å². The number of hydrogen-bond donors (Lipinski definition) is 2. The standard InChI is InChI=1S/C24H21NO6/c26-23(12-16-5-4-8-19(11-16)31-18-6-2-1-3-7-18)25-20(14-24(27)28)17-9-10-21-22(13-17)30-15-29-21/h1-11,13,20H,12,14-15H2,(H,25,26)(H,27,28)/t20-/m0/s1. The van der Waals surface area contributed by atoms with Gasteiger partial charge in [-0.15, -0.1) is 0 Å². The van der Waals surface area contributed by atoms with Gasteiger partial charge in [0.15, 0.2) is 11.5 Å². The molecule has 0 saturated carbocycles. The number of carboxylic acid groups (broad SMARTS) is 1. The molecule has 4 rings (SSSR count). The number of amides is 1. The molecule has 31 heavy (non-hydrogen) atoms. The maximum Gasteiger partial charge on any atom is 0.305 e.